The van der Waals surface area contributed by atoms with Gasteiger partial charge in [-0.2, -0.15) is 10.5 Å². The number of benzene rings is 1. The van der Waals surface area contributed by atoms with Gasteiger partial charge in [-0.25, -0.2) is 9.97 Å². The largest absolute Gasteiger partial charge is 0.339 e. The lowest BCUT2D eigenvalue weighted by atomic mass is 10.2. The van der Waals surface area contributed by atoms with Crippen LogP contribution in [0.15, 0.2) is 30.3 Å². The highest BCUT2D eigenvalue weighted by atomic mass is 15.2. The molecule has 1 N–H and O–H groups in total. The zero-order chi connectivity index (χ0) is 14.5. The van der Waals surface area contributed by atoms with E-state index < -0.39 is 0 Å². The Balaban J connectivity index is 2.37. The number of hydrogen-bond donors (Lipinski definition) is 1. The van der Waals surface area contributed by atoms with Gasteiger partial charge in [-0.05, 0) is 19.1 Å². The Bertz CT molecular complexity index is 710. The monoisotopic (exact) mass is 264 g/mol. The maximum Gasteiger partial charge on any atom is 0.185 e. The Morgan fingerprint density at radius 2 is 1.95 bits per heavy atom. The predicted molar refractivity (Wildman–Crippen MR) is 75.2 cm³/mol. The van der Waals surface area contributed by atoms with Crippen molar-refractivity contribution in [3.05, 3.63) is 41.7 Å². The van der Waals surface area contributed by atoms with Crippen LogP contribution >= 0.6 is 0 Å². The van der Waals surface area contributed by atoms with Gasteiger partial charge in [0.05, 0.1) is 11.3 Å². The van der Waals surface area contributed by atoms with Gasteiger partial charge in [-0.1, -0.05) is 12.1 Å². The van der Waals surface area contributed by atoms with E-state index in [4.69, 9.17) is 10.5 Å². The molecule has 0 saturated carbocycles. The number of anilines is 3. The molecule has 0 radical (unpaired) electrons. The SMILES string of the molecule is Cc1nc(Nc2ccccc2C#N)cc(N(C)C#N)n1. The van der Waals surface area contributed by atoms with Gasteiger partial charge in [-0.15, -0.1) is 0 Å². The highest BCUT2D eigenvalue weighted by Crippen LogP contribution is 2.21. The standard InChI is InChI=1S/C14H12N6/c1-10-17-13(7-14(18-10)20(2)9-16)19-12-6-4-3-5-11(12)8-15/h3-7H,1-2H3,(H,17,18,19). The molecule has 2 rings (SSSR count). The molecule has 1 heterocycles. The fourth-order valence-corrected chi connectivity index (χ4v) is 1.67. The third-order valence-electron chi connectivity index (χ3n) is 2.63. The smallest absolute Gasteiger partial charge is 0.185 e. The number of nitrogens with zero attached hydrogens (tertiary/aromatic N) is 5. The summed E-state index contributed by atoms with van der Waals surface area (Å²) in [6.45, 7) is 1.75. The van der Waals surface area contributed by atoms with Crippen molar-refractivity contribution in [3.63, 3.8) is 0 Å². The number of aromatic nitrogens is 2. The van der Waals surface area contributed by atoms with E-state index in [1.165, 1.54) is 4.90 Å². The fraction of sp³-hybridized carbons (Fsp3) is 0.143. The molecule has 0 atom stereocenters. The molecule has 6 heteroatoms. The van der Waals surface area contributed by atoms with E-state index in [0.29, 0.717) is 28.7 Å². The third-order valence-corrected chi connectivity index (χ3v) is 2.63. The second-order valence-corrected chi connectivity index (χ2v) is 4.10. The van der Waals surface area contributed by atoms with Crippen LogP contribution in [0.1, 0.15) is 11.4 Å². The average molecular weight is 264 g/mol. The molecule has 0 unspecified atom stereocenters. The molecule has 0 aliphatic carbocycles. The van der Waals surface area contributed by atoms with E-state index in [0.717, 1.165) is 0 Å². The Morgan fingerprint density at radius 3 is 2.65 bits per heavy atom. The minimum Gasteiger partial charge on any atom is -0.339 e. The summed E-state index contributed by atoms with van der Waals surface area (Å²) in [6.07, 6.45) is 1.99. The van der Waals surface area contributed by atoms with Gasteiger partial charge < -0.3 is 5.32 Å². The Kier molecular flexibility index (Phi) is 3.78. The molecule has 2 aromatic rings. The lowest BCUT2D eigenvalue weighted by molar-refractivity contribution is 1.02. The molecular formula is C14H12N6. The zero-order valence-electron chi connectivity index (χ0n) is 11.1. The van der Waals surface area contributed by atoms with Gasteiger partial charge in [0.25, 0.3) is 0 Å². The molecule has 0 bridgehead atoms. The first-order valence-electron chi connectivity index (χ1n) is 5.89. The van der Waals surface area contributed by atoms with Gasteiger partial charge in [-0.3, -0.25) is 4.90 Å². The van der Waals surface area contributed by atoms with Crippen LogP contribution in [0.4, 0.5) is 17.3 Å². The summed E-state index contributed by atoms with van der Waals surface area (Å²) in [6, 6.07) is 10.9. The van der Waals surface area contributed by atoms with Crippen molar-refractivity contribution in [3.8, 4) is 12.3 Å². The summed E-state index contributed by atoms with van der Waals surface area (Å²) in [5.41, 5.74) is 1.19. The van der Waals surface area contributed by atoms with Crippen molar-refractivity contribution < 1.29 is 0 Å². The molecule has 0 saturated heterocycles. The molecule has 0 amide bonds. The Morgan fingerprint density at radius 1 is 1.20 bits per heavy atom. The number of aryl methyl sites for hydroxylation is 1. The lowest BCUT2D eigenvalue weighted by Crippen LogP contribution is -2.12. The molecule has 0 fully saturated rings. The molecule has 6 nitrogen and oxygen atoms in total. The molecule has 0 aliphatic rings. The van der Waals surface area contributed by atoms with Crippen LogP contribution in [0.3, 0.4) is 0 Å². The van der Waals surface area contributed by atoms with E-state index in [2.05, 4.69) is 21.4 Å². The summed E-state index contributed by atoms with van der Waals surface area (Å²) in [5.74, 6) is 1.58. The summed E-state index contributed by atoms with van der Waals surface area (Å²) >= 11 is 0. The third kappa shape index (κ3) is 2.82. The lowest BCUT2D eigenvalue weighted by Gasteiger charge is -2.12. The van der Waals surface area contributed by atoms with Crippen LogP contribution in [0.25, 0.3) is 0 Å². The highest BCUT2D eigenvalue weighted by molar-refractivity contribution is 5.66. The average Bonchev–Trinajstić information content (AvgIpc) is 2.46. The predicted octanol–water partition coefficient (Wildman–Crippen LogP) is 2.32. The summed E-state index contributed by atoms with van der Waals surface area (Å²) in [5, 5.41) is 21.0. The zero-order valence-corrected chi connectivity index (χ0v) is 11.1. The quantitative estimate of drug-likeness (QED) is 0.676. The molecule has 20 heavy (non-hydrogen) atoms. The maximum atomic E-state index is 9.06. The van der Waals surface area contributed by atoms with E-state index >= 15 is 0 Å². The van der Waals surface area contributed by atoms with E-state index in [-0.39, 0.29) is 0 Å². The van der Waals surface area contributed by atoms with Crippen molar-refractivity contribution >= 4 is 17.3 Å². The van der Waals surface area contributed by atoms with Crippen molar-refractivity contribution in [2.45, 2.75) is 6.92 Å². The van der Waals surface area contributed by atoms with E-state index in [1.807, 2.05) is 12.3 Å². The molecule has 0 spiro atoms. The highest BCUT2D eigenvalue weighted by Gasteiger charge is 2.07. The van der Waals surface area contributed by atoms with Crippen LogP contribution in [0.2, 0.25) is 0 Å². The minimum absolute atomic E-state index is 0.497. The summed E-state index contributed by atoms with van der Waals surface area (Å²) in [7, 11) is 1.62. The number of hydrogen-bond acceptors (Lipinski definition) is 6. The van der Waals surface area contributed by atoms with Crippen LogP contribution in [0, 0.1) is 29.7 Å². The van der Waals surface area contributed by atoms with Gasteiger partial charge in [0.1, 0.15) is 23.5 Å². The molecular weight excluding hydrogens is 252 g/mol. The first kappa shape index (κ1) is 13.3. The second kappa shape index (κ2) is 5.68. The Labute approximate surface area is 116 Å². The first-order chi connectivity index (χ1) is 9.63. The normalized spacial score (nSPS) is 9.40. The number of nitrogens with one attached hydrogen (secondary N) is 1. The fourth-order valence-electron chi connectivity index (χ4n) is 1.67. The van der Waals surface area contributed by atoms with Crippen LogP contribution in [-0.2, 0) is 0 Å². The van der Waals surface area contributed by atoms with Crippen molar-refractivity contribution in [2.24, 2.45) is 0 Å². The van der Waals surface area contributed by atoms with Crippen molar-refractivity contribution in [1.29, 1.82) is 10.5 Å². The van der Waals surface area contributed by atoms with Gasteiger partial charge in [0.15, 0.2) is 6.19 Å². The molecule has 98 valence electrons. The van der Waals surface area contributed by atoms with Gasteiger partial charge >= 0.3 is 0 Å². The van der Waals surface area contributed by atoms with Crippen LogP contribution in [0.5, 0.6) is 0 Å². The minimum atomic E-state index is 0.497. The van der Waals surface area contributed by atoms with E-state index in [9.17, 15) is 0 Å². The topological polar surface area (TPSA) is 88.6 Å². The second-order valence-electron chi connectivity index (χ2n) is 4.10. The molecule has 0 aliphatic heterocycles. The van der Waals surface area contributed by atoms with Crippen LogP contribution in [-0.4, -0.2) is 17.0 Å². The summed E-state index contributed by atoms with van der Waals surface area (Å²) < 4.78 is 0. The van der Waals surface area contributed by atoms with Gasteiger partial charge in [0.2, 0.25) is 0 Å². The maximum absolute atomic E-state index is 9.06. The van der Waals surface area contributed by atoms with E-state index in [1.54, 1.807) is 38.2 Å². The Hall–Kier alpha value is -3.12. The first-order valence-corrected chi connectivity index (χ1v) is 5.89. The number of rotatable bonds is 3. The van der Waals surface area contributed by atoms with Crippen LogP contribution < -0.4 is 10.2 Å². The van der Waals surface area contributed by atoms with Gasteiger partial charge in [0, 0.05) is 13.1 Å². The number of para-hydroxylation sites is 1. The summed E-state index contributed by atoms with van der Waals surface area (Å²) in [4.78, 5) is 9.77. The molecule has 1 aromatic heterocycles. The molecule has 1 aromatic carbocycles. The van der Waals surface area contributed by atoms with Crippen molar-refractivity contribution in [1.82, 2.24) is 9.97 Å². The van der Waals surface area contributed by atoms with Crippen molar-refractivity contribution in [2.75, 3.05) is 17.3 Å². The number of nitriles is 2.